The molecule has 1 unspecified atom stereocenters. The Hall–Kier alpha value is -2.93. The van der Waals surface area contributed by atoms with Crippen molar-refractivity contribution in [3.63, 3.8) is 0 Å². The van der Waals surface area contributed by atoms with E-state index in [1.54, 1.807) is 12.5 Å². The average molecular weight is 437 g/mol. The number of nitrogens with one attached hydrogen (secondary N) is 2. The van der Waals surface area contributed by atoms with Gasteiger partial charge in [0.05, 0.1) is 12.0 Å². The number of aromatic nitrogens is 2. The summed E-state index contributed by atoms with van der Waals surface area (Å²) in [4.78, 5) is 18.8. The number of hydrazone groups is 1. The Balaban J connectivity index is 1.18. The molecule has 0 bridgehead atoms. The van der Waals surface area contributed by atoms with E-state index in [4.69, 9.17) is 10.8 Å². The summed E-state index contributed by atoms with van der Waals surface area (Å²) in [5, 5.41) is 9.74. The molecule has 1 aliphatic heterocycles. The number of hydrogen-bond acceptors (Lipinski definition) is 5. The van der Waals surface area contributed by atoms with E-state index in [9.17, 15) is 4.79 Å². The van der Waals surface area contributed by atoms with Crippen molar-refractivity contribution in [2.45, 2.75) is 64.0 Å². The molecule has 2 aromatic rings. The molecule has 0 aliphatic carbocycles. The number of imidazole rings is 1. The van der Waals surface area contributed by atoms with Crippen molar-refractivity contribution in [2.75, 3.05) is 13.1 Å². The number of benzene rings is 1. The second-order valence-electron chi connectivity index (χ2n) is 8.27. The summed E-state index contributed by atoms with van der Waals surface area (Å²) in [6.07, 6.45) is 16.7. The molecule has 0 fully saturated rings. The van der Waals surface area contributed by atoms with Crippen LogP contribution in [-0.2, 0) is 11.2 Å². The number of unbranched alkanes of at least 4 members (excludes halogenated alkanes) is 6. The highest BCUT2D eigenvalue weighted by molar-refractivity contribution is 6.08. The zero-order chi connectivity index (χ0) is 22.4. The minimum atomic E-state index is -0.142. The van der Waals surface area contributed by atoms with Gasteiger partial charge >= 0.3 is 0 Å². The van der Waals surface area contributed by atoms with Crippen LogP contribution in [0.25, 0.3) is 0 Å². The van der Waals surface area contributed by atoms with Crippen LogP contribution in [0.1, 0.15) is 62.6 Å². The molecule has 0 saturated carbocycles. The molecule has 4 N–H and O–H groups in total. The minimum absolute atomic E-state index is 0.114. The Kier molecular flexibility index (Phi) is 9.99. The lowest BCUT2D eigenvalue weighted by Crippen LogP contribution is -2.40. The minimum Gasteiger partial charge on any atom is -0.356 e. The van der Waals surface area contributed by atoms with E-state index in [0.717, 1.165) is 49.3 Å². The van der Waals surface area contributed by atoms with Crippen LogP contribution < -0.4 is 11.1 Å². The number of carbonyl (C=O) groups is 1. The molecule has 1 amide bonds. The normalized spacial score (nSPS) is 15.6. The first kappa shape index (κ1) is 23.7. The molecule has 1 aromatic heterocycles. The van der Waals surface area contributed by atoms with E-state index in [1.807, 2.05) is 35.4 Å². The topological polar surface area (TPSA) is 99.4 Å². The fraction of sp³-hybridized carbons (Fsp3) is 0.480. The molecule has 1 aromatic carbocycles. The van der Waals surface area contributed by atoms with E-state index in [0.29, 0.717) is 12.8 Å². The van der Waals surface area contributed by atoms with Crippen LogP contribution in [0.2, 0.25) is 0 Å². The number of nitrogens with zero attached hydrogens (tertiary/aromatic N) is 3. The molecule has 2 heterocycles. The van der Waals surface area contributed by atoms with Gasteiger partial charge in [-0.3, -0.25) is 9.80 Å². The predicted octanol–water partition coefficient (Wildman–Crippen LogP) is 3.75. The first-order chi connectivity index (χ1) is 15.7. The maximum Gasteiger partial charge on any atom is 0.220 e. The van der Waals surface area contributed by atoms with Gasteiger partial charge in [0, 0.05) is 37.0 Å². The lowest BCUT2D eigenvalue weighted by Gasteiger charge is -2.27. The van der Waals surface area contributed by atoms with E-state index in [2.05, 4.69) is 27.4 Å². The van der Waals surface area contributed by atoms with E-state index < -0.39 is 0 Å². The first-order valence-electron chi connectivity index (χ1n) is 11.8. The fourth-order valence-electron chi connectivity index (χ4n) is 3.76. The van der Waals surface area contributed by atoms with Gasteiger partial charge in [-0.2, -0.15) is 5.10 Å². The van der Waals surface area contributed by atoms with Crippen LogP contribution >= 0.6 is 0 Å². The monoisotopic (exact) mass is 436 g/mol. The highest BCUT2D eigenvalue weighted by atomic mass is 16.1. The summed E-state index contributed by atoms with van der Waals surface area (Å²) in [6, 6.07) is 10.2. The summed E-state index contributed by atoms with van der Waals surface area (Å²) in [5.41, 5.74) is 9.29. The summed E-state index contributed by atoms with van der Waals surface area (Å²) < 4.78 is 0. The highest BCUT2D eigenvalue weighted by Crippen LogP contribution is 2.13. The van der Waals surface area contributed by atoms with Crippen molar-refractivity contribution in [3.05, 3.63) is 66.3 Å². The number of hydrogen-bond donors (Lipinski definition) is 3. The molecule has 0 radical (unpaired) electrons. The van der Waals surface area contributed by atoms with Gasteiger partial charge in [0.2, 0.25) is 5.91 Å². The molecule has 0 spiro atoms. The third kappa shape index (κ3) is 8.30. The second-order valence-corrected chi connectivity index (χ2v) is 8.27. The maximum atomic E-state index is 11.8. The van der Waals surface area contributed by atoms with Crippen molar-refractivity contribution >= 4 is 11.6 Å². The van der Waals surface area contributed by atoms with Gasteiger partial charge in [0.15, 0.2) is 0 Å². The molecule has 172 valence electrons. The van der Waals surface area contributed by atoms with Crippen LogP contribution in [0, 0.1) is 0 Å². The van der Waals surface area contributed by atoms with E-state index >= 15 is 0 Å². The molecular weight excluding hydrogens is 400 g/mol. The van der Waals surface area contributed by atoms with Crippen LogP contribution in [-0.4, -0.2) is 45.9 Å². The number of rotatable bonds is 14. The Morgan fingerprint density at radius 1 is 1.06 bits per heavy atom. The van der Waals surface area contributed by atoms with Gasteiger partial charge in [-0.1, -0.05) is 62.4 Å². The second kappa shape index (κ2) is 13.5. The molecule has 32 heavy (non-hydrogen) atoms. The van der Waals surface area contributed by atoms with Gasteiger partial charge in [-0.05, 0) is 31.4 Å². The number of nitrogens with two attached hydrogens (primary N) is 1. The Bertz CT molecular complexity index is 847. The smallest absolute Gasteiger partial charge is 0.220 e. The zero-order valence-corrected chi connectivity index (χ0v) is 18.9. The lowest BCUT2D eigenvalue weighted by atomic mass is 10.1. The quantitative estimate of drug-likeness (QED) is 0.393. The maximum absolute atomic E-state index is 11.8. The SMILES string of the molecule is NC1C=CC(c2ccccc2)=NN1CCCCCCCCCNC(=O)CCc1cnc[nH]1. The van der Waals surface area contributed by atoms with Gasteiger partial charge in [0.1, 0.15) is 6.17 Å². The largest absolute Gasteiger partial charge is 0.356 e. The number of H-pyrrole nitrogens is 1. The van der Waals surface area contributed by atoms with E-state index in [-0.39, 0.29) is 12.1 Å². The van der Waals surface area contributed by atoms with E-state index in [1.165, 1.54) is 25.7 Å². The third-order valence-electron chi connectivity index (χ3n) is 5.66. The summed E-state index contributed by atoms with van der Waals surface area (Å²) in [5.74, 6) is 0.114. The molecule has 7 nitrogen and oxygen atoms in total. The summed E-state index contributed by atoms with van der Waals surface area (Å²) >= 11 is 0. The van der Waals surface area contributed by atoms with Gasteiger partial charge < -0.3 is 16.0 Å². The molecule has 1 aliphatic rings. The van der Waals surface area contributed by atoms with Crippen LogP contribution in [0.15, 0.2) is 60.1 Å². The molecule has 7 heteroatoms. The zero-order valence-electron chi connectivity index (χ0n) is 18.9. The fourth-order valence-corrected chi connectivity index (χ4v) is 3.76. The molecule has 3 rings (SSSR count). The Labute approximate surface area is 191 Å². The summed E-state index contributed by atoms with van der Waals surface area (Å²) in [7, 11) is 0. The van der Waals surface area contributed by atoms with Crippen molar-refractivity contribution in [1.82, 2.24) is 20.3 Å². The molecule has 0 saturated heterocycles. The van der Waals surface area contributed by atoms with Gasteiger partial charge in [0.25, 0.3) is 0 Å². The highest BCUT2D eigenvalue weighted by Gasteiger charge is 2.15. The van der Waals surface area contributed by atoms with Crippen LogP contribution in [0.5, 0.6) is 0 Å². The molecular formula is C25H36N6O. The standard InChI is InChI=1S/C25H36N6O/c26-24-15-14-23(21-11-7-6-8-12-21)30-31(24)18-10-5-3-1-2-4-9-17-28-25(32)16-13-22-19-27-20-29-22/h6-8,11-12,14-15,19-20,24H,1-5,9-10,13,16-18,26H2,(H,27,29)(H,28,32). The number of amides is 1. The lowest BCUT2D eigenvalue weighted by molar-refractivity contribution is -0.121. The number of aromatic amines is 1. The Morgan fingerprint density at radius 2 is 1.81 bits per heavy atom. The summed E-state index contributed by atoms with van der Waals surface area (Å²) in [6.45, 7) is 1.65. The first-order valence-corrected chi connectivity index (χ1v) is 11.8. The number of allylic oxidation sites excluding steroid dienone is 1. The molecule has 1 atom stereocenters. The van der Waals surface area contributed by atoms with Crippen LogP contribution in [0.3, 0.4) is 0 Å². The van der Waals surface area contributed by atoms with Crippen molar-refractivity contribution in [1.29, 1.82) is 0 Å². The van der Waals surface area contributed by atoms with Gasteiger partial charge in [-0.25, -0.2) is 4.98 Å². The number of carbonyl (C=O) groups excluding carboxylic acids is 1. The predicted molar refractivity (Wildman–Crippen MR) is 129 cm³/mol. The van der Waals surface area contributed by atoms with Gasteiger partial charge in [-0.15, -0.1) is 0 Å². The third-order valence-corrected chi connectivity index (χ3v) is 5.66. The Morgan fingerprint density at radius 3 is 2.56 bits per heavy atom. The van der Waals surface area contributed by atoms with Crippen molar-refractivity contribution in [2.24, 2.45) is 10.8 Å². The van der Waals surface area contributed by atoms with Crippen LogP contribution in [0.4, 0.5) is 0 Å². The number of aryl methyl sites for hydroxylation is 1. The van der Waals surface area contributed by atoms with Crippen molar-refractivity contribution < 1.29 is 4.79 Å². The van der Waals surface area contributed by atoms with Crippen molar-refractivity contribution in [3.8, 4) is 0 Å². The average Bonchev–Trinajstić information content (AvgIpc) is 3.34.